The van der Waals surface area contributed by atoms with Crippen LogP contribution in [-0.4, -0.2) is 21.8 Å². The molecule has 0 saturated carbocycles. The maximum absolute atomic E-state index is 12.4. The number of aromatic carboxylic acids is 1. The molecule has 0 spiro atoms. The molecule has 136 valence electrons. The Morgan fingerprint density at radius 2 is 1.63 bits per heavy atom. The summed E-state index contributed by atoms with van der Waals surface area (Å²) in [6.07, 6.45) is 1.83. The number of H-pyrrole nitrogens is 1. The highest BCUT2D eigenvalue weighted by Gasteiger charge is 2.14. The largest absolute Gasteiger partial charge is 0.478 e. The minimum absolute atomic E-state index is 0.00384. The monoisotopic (exact) mass is 381 g/mol. The van der Waals surface area contributed by atoms with Crippen molar-refractivity contribution in [3.8, 4) is 11.1 Å². The van der Waals surface area contributed by atoms with Crippen molar-refractivity contribution in [3.63, 3.8) is 0 Å². The molecule has 0 aliphatic rings. The number of hydrogen-bond acceptors (Lipinski definition) is 3. The van der Waals surface area contributed by atoms with E-state index in [9.17, 15) is 19.5 Å². The Labute approximate surface area is 160 Å². The third kappa shape index (κ3) is 4.71. The first kappa shape index (κ1) is 18.6. The lowest BCUT2D eigenvalue weighted by Crippen LogP contribution is -2.11. The van der Waals surface area contributed by atoms with Crippen molar-refractivity contribution in [1.29, 1.82) is 0 Å². The van der Waals surface area contributed by atoms with Gasteiger partial charge in [-0.05, 0) is 46.5 Å². The Morgan fingerprint density at radius 3 is 2.26 bits per heavy atom. The summed E-state index contributed by atoms with van der Waals surface area (Å²) in [4.78, 5) is 37.4. The molecule has 27 heavy (non-hydrogen) atoms. The SMILES string of the molecule is O=C(Cc1ccc(-c2ccc(=O)[nH]c2)cc1)Cc1cc(Cl)ccc1C(=O)O. The van der Waals surface area contributed by atoms with E-state index in [0.717, 1.165) is 16.7 Å². The molecule has 0 fully saturated rings. The molecule has 1 heterocycles. The molecular formula is C21H16ClNO4. The van der Waals surface area contributed by atoms with E-state index in [0.29, 0.717) is 10.6 Å². The second-order valence-electron chi connectivity index (χ2n) is 6.14. The lowest BCUT2D eigenvalue weighted by Gasteiger charge is -2.07. The van der Waals surface area contributed by atoms with Crippen LogP contribution in [0.1, 0.15) is 21.5 Å². The van der Waals surface area contributed by atoms with E-state index in [1.807, 2.05) is 24.3 Å². The fraction of sp³-hybridized carbons (Fsp3) is 0.0952. The first-order valence-corrected chi connectivity index (χ1v) is 8.61. The molecule has 0 saturated heterocycles. The van der Waals surface area contributed by atoms with Gasteiger partial charge in [-0.25, -0.2) is 4.79 Å². The zero-order valence-corrected chi connectivity index (χ0v) is 15.0. The van der Waals surface area contributed by atoms with Crippen molar-refractivity contribution in [1.82, 2.24) is 4.98 Å². The van der Waals surface area contributed by atoms with Crippen LogP contribution in [0.15, 0.2) is 65.6 Å². The summed E-state index contributed by atoms with van der Waals surface area (Å²) in [7, 11) is 0. The van der Waals surface area contributed by atoms with Gasteiger partial charge in [-0.1, -0.05) is 35.9 Å². The molecular weight excluding hydrogens is 366 g/mol. The van der Waals surface area contributed by atoms with Crippen molar-refractivity contribution in [2.75, 3.05) is 0 Å². The molecule has 0 atom stereocenters. The van der Waals surface area contributed by atoms with Crippen LogP contribution in [0.25, 0.3) is 11.1 Å². The van der Waals surface area contributed by atoms with Crippen molar-refractivity contribution in [3.05, 3.63) is 92.9 Å². The minimum atomic E-state index is -1.08. The van der Waals surface area contributed by atoms with E-state index in [4.69, 9.17) is 11.6 Å². The van der Waals surface area contributed by atoms with Gasteiger partial charge in [0.2, 0.25) is 5.56 Å². The zero-order chi connectivity index (χ0) is 19.4. The zero-order valence-electron chi connectivity index (χ0n) is 14.2. The van der Waals surface area contributed by atoms with Gasteiger partial charge in [-0.2, -0.15) is 0 Å². The number of carbonyl (C=O) groups excluding carboxylic acids is 1. The van der Waals surface area contributed by atoms with E-state index >= 15 is 0 Å². The number of carbonyl (C=O) groups is 2. The Hall–Kier alpha value is -3.18. The summed E-state index contributed by atoms with van der Waals surface area (Å²) in [5.41, 5.74) is 2.95. The average Bonchev–Trinajstić information content (AvgIpc) is 2.63. The van der Waals surface area contributed by atoms with Gasteiger partial charge >= 0.3 is 5.97 Å². The van der Waals surface area contributed by atoms with Crippen LogP contribution in [0, 0.1) is 0 Å². The van der Waals surface area contributed by atoms with E-state index < -0.39 is 5.97 Å². The first-order valence-electron chi connectivity index (χ1n) is 8.24. The Morgan fingerprint density at radius 1 is 0.926 bits per heavy atom. The number of nitrogens with one attached hydrogen (secondary N) is 1. The predicted molar refractivity (Wildman–Crippen MR) is 103 cm³/mol. The molecule has 5 nitrogen and oxygen atoms in total. The average molecular weight is 382 g/mol. The van der Waals surface area contributed by atoms with Crippen LogP contribution in [0.4, 0.5) is 0 Å². The van der Waals surface area contributed by atoms with Crippen molar-refractivity contribution in [2.24, 2.45) is 0 Å². The molecule has 6 heteroatoms. The standard InChI is InChI=1S/C21H16ClNO4/c22-17-6-7-19(21(26)27)16(10-17)11-18(24)9-13-1-3-14(4-2-13)15-5-8-20(25)23-12-15/h1-8,10,12H,9,11H2,(H,23,25)(H,26,27). The number of pyridine rings is 1. The highest BCUT2D eigenvalue weighted by Crippen LogP contribution is 2.20. The third-order valence-corrected chi connectivity index (χ3v) is 4.39. The van der Waals surface area contributed by atoms with E-state index in [1.54, 1.807) is 12.3 Å². The third-order valence-electron chi connectivity index (χ3n) is 4.16. The smallest absolute Gasteiger partial charge is 0.335 e. The van der Waals surface area contributed by atoms with Gasteiger partial charge in [0.15, 0.2) is 0 Å². The van der Waals surface area contributed by atoms with Crippen LogP contribution >= 0.6 is 11.6 Å². The molecule has 3 aromatic rings. The summed E-state index contributed by atoms with van der Waals surface area (Å²) < 4.78 is 0. The van der Waals surface area contributed by atoms with Gasteiger partial charge in [0.1, 0.15) is 5.78 Å². The second-order valence-corrected chi connectivity index (χ2v) is 6.57. The van der Waals surface area contributed by atoms with Crippen molar-refractivity contribution < 1.29 is 14.7 Å². The number of aromatic nitrogens is 1. The Kier molecular flexibility index (Phi) is 5.52. The van der Waals surface area contributed by atoms with Crippen LogP contribution in [0.2, 0.25) is 5.02 Å². The number of carboxylic acid groups (broad SMARTS) is 1. The molecule has 0 unspecified atom stereocenters. The van der Waals surface area contributed by atoms with Gasteiger partial charge in [0.25, 0.3) is 0 Å². The maximum Gasteiger partial charge on any atom is 0.335 e. The lowest BCUT2D eigenvalue weighted by atomic mass is 9.98. The summed E-state index contributed by atoms with van der Waals surface area (Å²) in [5.74, 6) is -1.18. The van der Waals surface area contributed by atoms with Gasteiger partial charge in [0.05, 0.1) is 5.56 Å². The van der Waals surface area contributed by atoms with Gasteiger partial charge in [-0.3, -0.25) is 9.59 Å². The van der Waals surface area contributed by atoms with Crippen LogP contribution in [-0.2, 0) is 17.6 Å². The molecule has 0 aliphatic heterocycles. The van der Waals surface area contributed by atoms with Gasteiger partial charge in [-0.15, -0.1) is 0 Å². The molecule has 0 amide bonds. The van der Waals surface area contributed by atoms with E-state index in [2.05, 4.69) is 4.98 Å². The second kappa shape index (κ2) is 8.01. The molecule has 0 radical (unpaired) electrons. The maximum atomic E-state index is 12.4. The number of carboxylic acids is 1. The van der Waals surface area contributed by atoms with Gasteiger partial charge in [0, 0.05) is 30.1 Å². The topological polar surface area (TPSA) is 87.2 Å². The number of ketones is 1. The molecule has 0 bridgehead atoms. The molecule has 1 aromatic heterocycles. The summed E-state index contributed by atoms with van der Waals surface area (Å²) in [5, 5.41) is 9.63. The summed E-state index contributed by atoms with van der Waals surface area (Å²) in [6.45, 7) is 0. The predicted octanol–water partition coefficient (Wildman–Crippen LogP) is 3.75. The van der Waals surface area contributed by atoms with Crippen LogP contribution in [0.3, 0.4) is 0 Å². The molecule has 2 aromatic carbocycles. The van der Waals surface area contributed by atoms with Crippen LogP contribution in [0.5, 0.6) is 0 Å². The van der Waals surface area contributed by atoms with E-state index in [1.165, 1.54) is 24.3 Å². The van der Waals surface area contributed by atoms with E-state index in [-0.39, 0.29) is 29.7 Å². The molecule has 2 N–H and O–H groups in total. The quantitative estimate of drug-likeness (QED) is 0.680. The number of benzene rings is 2. The van der Waals surface area contributed by atoms with Gasteiger partial charge < -0.3 is 10.1 Å². The first-order chi connectivity index (χ1) is 12.9. The highest BCUT2D eigenvalue weighted by atomic mass is 35.5. The number of halogens is 1. The normalized spacial score (nSPS) is 10.6. The fourth-order valence-corrected chi connectivity index (χ4v) is 3.02. The number of rotatable bonds is 6. The highest BCUT2D eigenvalue weighted by molar-refractivity contribution is 6.30. The van der Waals surface area contributed by atoms with Crippen molar-refractivity contribution in [2.45, 2.75) is 12.8 Å². The Balaban J connectivity index is 1.71. The lowest BCUT2D eigenvalue weighted by molar-refractivity contribution is -0.117. The fourth-order valence-electron chi connectivity index (χ4n) is 2.82. The van der Waals surface area contributed by atoms with Crippen molar-refractivity contribution >= 4 is 23.4 Å². The Bertz CT molecular complexity index is 1030. The molecule has 3 rings (SSSR count). The molecule has 0 aliphatic carbocycles. The number of aromatic amines is 1. The number of hydrogen-bond donors (Lipinski definition) is 2. The summed E-state index contributed by atoms with van der Waals surface area (Å²) in [6, 6.07) is 15.0. The summed E-state index contributed by atoms with van der Waals surface area (Å²) >= 11 is 5.92. The minimum Gasteiger partial charge on any atom is -0.478 e. The number of Topliss-reactive ketones (excluding diaryl/α,β-unsaturated/α-hetero) is 1. The van der Waals surface area contributed by atoms with Crippen LogP contribution < -0.4 is 5.56 Å².